The third-order valence-electron chi connectivity index (χ3n) is 2.40. The zero-order valence-electron chi connectivity index (χ0n) is 8.40. The summed E-state index contributed by atoms with van der Waals surface area (Å²) in [6, 6.07) is 14.4. The van der Waals surface area contributed by atoms with Crippen molar-refractivity contribution < 1.29 is 5.02 Å². The molecule has 1 nitrogen and oxygen atoms in total. The molecule has 0 fully saturated rings. The first-order chi connectivity index (χ1) is 7.70. The first-order valence-corrected chi connectivity index (χ1v) is 5.62. The van der Waals surface area contributed by atoms with Crippen LogP contribution >= 0.6 is 23.2 Å². The Morgan fingerprint density at radius 1 is 0.750 bits per heavy atom. The van der Waals surface area contributed by atoms with Gasteiger partial charge in [-0.15, -0.1) is 0 Å². The number of hydrogen-bond acceptors (Lipinski definition) is 1. The van der Waals surface area contributed by atoms with E-state index >= 15 is 0 Å². The maximum Gasteiger partial charge on any atom is 0.361 e. The van der Waals surface area contributed by atoms with Crippen LogP contribution in [0, 0.1) is 0 Å². The minimum atomic E-state index is -0.789. The fraction of sp³-hybridized carbons (Fsp3) is 0. The van der Waals surface area contributed by atoms with Crippen LogP contribution in [0.1, 0.15) is 0 Å². The molecule has 0 aliphatic heterocycles. The van der Waals surface area contributed by atoms with E-state index in [1.807, 2.05) is 24.3 Å². The Kier molecular flexibility index (Phi) is 3.54. The van der Waals surface area contributed by atoms with Gasteiger partial charge in [-0.2, -0.15) is 0 Å². The molecule has 4 heteroatoms. The van der Waals surface area contributed by atoms with Crippen LogP contribution in [0.3, 0.4) is 0 Å². The SMILES string of the molecule is OB(c1ccccc1Cl)c1ccccc1Cl. The van der Waals surface area contributed by atoms with Gasteiger partial charge in [0.15, 0.2) is 0 Å². The lowest BCUT2D eigenvalue weighted by Gasteiger charge is -2.10. The molecule has 2 rings (SSSR count). The van der Waals surface area contributed by atoms with Crippen molar-refractivity contribution in [3.63, 3.8) is 0 Å². The molecule has 0 saturated carbocycles. The fourth-order valence-corrected chi connectivity index (χ4v) is 2.04. The molecule has 16 heavy (non-hydrogen) atoms. The Labute approximate surface area is 105 Å². The third-order valence-corrected chi connectivity index (χ3v) is 3.09. The van der Waals surface area contributed by atoms with Crippen molar-refractivity contribution in [3.05, 3.63) is 58.6 Å². The highest BCUT2D eigenvalue weighted by Crippen LogP contribution is 2.08. The minimum Gasteiger partial charge on any atom is -0.443 e. The Morgan fingerprint density at radius 3 is 1.50 bits per heavy atom. The third kappa shape index (κ3) is 2.24. The van der Waals surface area contributed by atoms with Crippen LogP contribution in [0.15, 0.2) is 48.5 Å². The van der Waals surface area contributed by atoms with E-state index in [2.05, 4.69) is 0 Å². The maximum absolute atomic E-state index is 10.2. The van der Waals surface area contributed by atoms with Crippen molar-refractivity contribution in [2.24, 2.45) is 0 Å². The van der Waals surface area contributed by atoms with Gasteiger partial charge in [-0.25, -0.2) is 0 Å². The van der Waals surface area contributed by atoms with Gasteiger partial charge in [-0.3, -0.25) is 0 Å². The lowest BCUT2D eigenvalue weighted by atomic mass is 9.56. The highest BCUT2D eigenvalue weighted by molar-refractivity contribution is 6.82. The van der Waals surface area contributed by atoms with Crippen molar-refractivity contribution in [2.45, 2.75) is 0 Å². The average molecular weight is 251 g/mol. The van der Waals surface area contributed by atoms with E-state index in [1.54, 1.807) is 24.3 Å². The van der Waals surface area contributed by atoms with Crippen LogP contribution in [0.2, 0.25) is 10.0 Å². The molecule has 1 N–H and O–H groups in total. The number of benzene rings is 2. The van der Waals surface area contributed by atoms with Gasteiger partial charge >= 0.3 is 6.92 Å². The molecular formula is C12H9BCl2O. The second-order valence-electron chi connectivity index (χ2n) is 3.45. The highest BCUT2D eigenvalue weighted by Gasteiger charge is 2.21. The summed E-state index contributed by atoms with van der Waals surface area (Å²) < 4.78 is 0. The van der Waals surface area contributed by atoms with E-state index in [0.717, 1.165) is 0 Å². The zero-order chi connectivity index (χ0) is 11.5. The largest absolute Gasteiger partial charge is 0.443 e. The summed E-state index contributed by atoms with van der Waals surface area (Å²) in [6.45, 7) is -0.789. The molecule has 0 aliphatic carbocycles. The second kappa shape index (κ2) is 4.92. The Bertz CT molecular complexity index is 456. The van der Waals surface area contributed by atoms with Gasteiger partial charge in [0.25, 0.3) is 0 Å². The lowest BCUT2D eigenvalue weighted by Crippen LogP contribution is -2.43. The van der Waals surface area contributed by atoms with Gasteiger partial charge in [-0.05, 0) is 23.1 Å². The molecule has 80 valence electrons. The number of rotatable bonds is 2. The van der Waals surface area contributed by atoms with Gasteiger partial charge in [-0.1, -0.05) is 59.6 Å². The van der Waals surface area contributed by atoms with Gasteiger partial charge in [0.2, 0.25) is 0 Å². The molecule has 0 bridgehead atoms. The molecule has 0 aromatic heterocycles. The second-order valence-corrected chi connectivity index (χ2v) is 4.26. The standard InChI is InChI=1S/C12H9BCl2O/c14-11-7-3-1-5-9(11)13(16)10-6-2-4-8-12(10)15/h1-8,16H. The molecule has 0 unspecified atom stereocenters. The van der Waals surface area contributed by atoms with E-state index in [4.69, 9.17) is 23.2 Å². The van der Waals surface area contributed by atoms with Crippen LogP contribution in [0.4, 0.5) is 0 Å². The van der Waals surface area contributed by atoms with E-state index in [1.165, 1.54) is 0 Å². The molecule has 2 aromatic carbocycles. The molecule has 0 heterocycles. The van der Waals surface area contributed by atoms with E-state index in [0.29, 0.717) is 21.0 Å². The van der Waals surface area contributed by atoms with Gasteiger partial charge in [0.1, 0.15) is 0 Å². The smallest absolute Gasteiger partial charge is 0.361 e. The van der Waals surface area contributed by atoms with Crippen molar-refractivity contribution in [1.29, 1.82) is 0 Å². The van der Waals surface area contributed by atoms with Crippen LogP contribution in [0.5, 0.6) is 0 Å². The van der Waals surface area contributed by atoms with Gasteiger partial charge < -0.3 is 5.02 Å². The highest BCUT2D eigenvalue weighted by atomic mass is 35.5. The molecule has 0 saturated heterocycles. The predicted molar refractivity (Wildman–Crippen MR) is 70.1 cm³/mol. The molecule has 0 aliphatic rings. The molecule has 0 spiro atoms. The van der Waals surface area contributed by atoms with Crippen LogP contribution < -0.4 is 10.9 Å². The molecule has 0 radical (unpaired) electrons. The molecule has 2 aromatic rings. The summed E-state index contributed by atoms with van der Waals surface area (Å²) in [5.41, 5.74) is 1.33. The zero-order valence-corrected chi connectivity index (χ0v) is 9.91. The topological polar surface area (TPSA) is 20.2 Å². The summed E-state index contributed by atoms with van der Waals surface area (Å²) in [6.07, 6.45) is 0. The van der Waals surface area contributed by atoms with Crippen molar-refractivity contribution >= 4 is 41.0 Å². The summed E-state index contributed by atoms with van der Waals surface area (Å²) in [7, 11) is 0. The van der Waals surface area contributed by atoms with Crippen LogP contribution in [-0.2, 0) is 0 Å². The monoisotopic (exact) mass is 250 g/mol. The van der Waals surface area contributed by atoms with Gasteiger partial charge in [0.05, 0.1) is 0 Å². The normalized spacial score (nSPS) is 10.2. The van der Waals surface area contributed by atoms with Crippen LogP contribution in [0.25, 0.3) is 0 Å². The average Bonchev–Trinajstić information content (AvgIpc) is 2.29. The maximum atomic E-state index is 10.2. The molecule has 0 atom stereocenters. The van der Waals surface area contributed by atoms with E-state index in [-0.39, 0.29) is 0 Å². The van der Waals surface area contributed by atoms with Gasteiger partial charge in [0, 0.05) is 10.0 Å². The lowest BCUT2D eigenvalue weighted by molar-refractivity contribution is 0.600. The first kappa shape index (κ1) is 11.5. The molecular weight excluding hydrogens is 242 g/mol. The summed E-state index contributed by atoms with van der Waals surface area (Å²) in [4.78, 5) is 0. The van der Waals surface area contributed by atoms with Crippen molar-refractivity contribution in [3.8, 4) is 0 Å². The first-order valence-electron chi connectivity index (χ1n) is 4.87. The quantitative estimate of drug-likeness (QED) is 0.810. The number of hydrogen-bond donors (Lipinski definition) is 1. The Morgan fingerprint density at radius 2 is 1.12 bits per heavy atom. The van der Waals surface area contributed by atoms with E-state index < -0.39 is 6.92 Å². The van der Waals surface area contributed by atoms with E-state index in [9.17, 15) is 5.02 Å². The minimum absolute atomic E-state index is 0.537. The summed E-state index contributed by atoms with van der Waals surface area (Å²) >= 11 is 12.0. The number of halogens is 2. The summed E-state index contributed by atoms with van der Waals surface area (Å²) in [5, 5.41) is 11.3. The Balaban J connectivity index is 2.44. The predicted octanol–water partition coefficient (Wildman–Crippen LogP) is 2.09. The van der Waals surface area contributed by atoms with Crippen molar-refractivity contribution in [1.82, 2.24) is 0 Å². The van der Waals surface area contributed by atoms with Crippen LogP contribution in [-0.4, -0.2) is 11.9 Å². The van der Waals surface area contributed by atoms with Crippen molar-refractivity contribution in [2.75, 3.05) is 0 Å². The Hall–Kier alpha value is -0.955. The fourth-order valence-electron chi connectivity index (χ4n) is 1.56. The molecule has 0 amide bonds. The summed E-state index contributed by atoms with van der Waals surface area (Å²) in [5.74, 6) is 0.